The van der Waals surface area contributed by atoms with Gasteiger partial charge in [0.1, 0.15) is 0 Å². The van der Waals surface area contributed by atoms with E-state index in [1.807, 2.05) is 0 Å². The van der Waals surface area contributed by atoms with Crippen LogP contribution in [0, 0.1) is 0 Å². The quantitative estimate of drug-likeness (QED) is 0.170. The Bertz CT molecular complexity index is 808. The van der Waals surface area contributed by atoms with Crippen molar-refractivity contribution in [2.45, 2.75) is 174 Å². The molecule has 2 aliphatic heterocycles. The molecule has 0 unspecified atom stereocenters. The van der Waals surface area contributed by atoms with Gasteiger partial charge in [0.05, 0.1) is 0 Å². The number of piperidine rings is 2. The second-order valence-corrected chi connectivity index (χ2v) is 16.1. The van der Waals surface area contributed by atoms with Gasteiger partial charge >= 0.3 is 6.03 Å². The summed E-state index contributed by atoms with van der Waals surface area (Å²) in [5.41, 5.74) is 0.356. The van der Waals surface area contributed by atoms with Crippen LogP contribution in [0.3, 0.4) is 0 Å². The maximum absolute atomic E-state index is 13.5. The Morgan fingerprint density at radius 1 is 0.619 bits per heavy atom. The highest BCUT2D eigenvalue weighted by Gasteiger charge is 2.41. The molecule has 3 amide bonds. The van der Waals surface area contributed by atoms with Crippen molar-refractivity contribution in [2.24, 2.45) is 0 Å². The highest BCUT2D eigenvalue weighted by Crippen LogP contribution is 2.33. The molecule has 2 aliphatic rings. The zero-order chi connectivity index (χ0) is 31.6. The number of rotatable bonds is 16. The highest BCUT2D eigenvalue weighted by molar-refractivity contribution is 5.74. The average molecular weight is 593 g/mol. The molecule has 0 saturated carbocycles. The van der Waals surface area contributed by atoms with E-state index in [-0.39, 0.29) is 40.1 Å². The second-order valence-electron chi connectivity index (χ2n) is 16.1. The summed E-state index contributed by atoms with van der Waals surface area (Å²) in [7, 11) is 2.30. The number of amides is 3. The first-order valence-corrected chi connectivity index (χ1v) is 17.0. The van der Waals surface area contributed by atoms with Crippen LogP contribution in [-0.2, 0) is 4.79 Å². The van der Waals surface area contributed by atoms with Crippen LogP contribution in [0.25, 0.3) is 0 Å². The van der Waals surface area contributed by atoms with Gasteiger partial charge in [0, 0.05) is 60.8 Å². The molecule has 0 bridgehead atoms. The van der Waals surface area contributed by atoms with Crippen LogP contribution in [0.4, 0.5) is 4.79 Å². The summed E-state index contributed by atoms with van der Waals surface area (Å²) in [6, 6.07) is 0.966. The first-order valence-electron chi connectivity index (χ1n) is 17.0. The first kappa shape index (κ1) is 36.8. The number of hydrogen-bond donors (Lipinski definition) is 4. The van der Waals surface area contributed by atoms with Crippen molar-refractivity contribution in [1.82, 2.24) is 31.1 Å². The van der Waals surface area contributed by atoms with Crippen LogP contribution in [0.5, 0.6) is 0 Å². The second kappa shape index (κ2) is 16.1. The summed E-state index contributed by atoms with van der Waals surface area (Å²) >= 11 is 0. The topological polar surface area (TPSA) is 88.7 Å². The predicted molar refractivity (Wildman–Crippen MR) is 177 cm³/mol. The third-order valence-corrected chi connectivity index (χ3v) is 9.08. The molecule has 0 aromatic rings. The molecule has 42 heavy (non-hydrogen) atoms. The number of carbonyl (C=O) groups excluding carboxylic acids is 2. The van der Waals surface area contributed by atoms with Crippen LogP contribution < -0.4 is 21.3 Å². The van der Waals surface area contributed by atoms with Crippen LogP contribution in [0.15, 0.2) is 0 Å². The third kappa shape index (κ3) is 13.9. The van der Waals surface area contributed by atoms with E-state index in [9.17, 15) is 9.59 Å². The van der Waals surface area contributed by atoms with Gasteiger partial charge in [-0.3, -0.25) is 4.79 Å². The molecule has 8 heteroatoms. The van der Waals surface area contributed by atoms with Gasteiger partial charge in [-0.25, -0.2) is 4.79 Å². The Morgan fingerprint density at radius 3 is 1.50 bits per heavy atom. The van der Waals surface area contributed by atoms with Gasteiger partial charge in [-0.1, -0.05) is 25.7 Å². The van der Waals surface area contributed by atoms with Crippen molar-refractivity contribution >= 4 is 11.9 Å². The molecule has 2 saturated heterocycles. The predicted octanol–water partition coefficient (Wildman–Crippen LogP) is 5.81. The standard InChI is InChI=1S/C34H68N6O2/c1-27(41)35-19-15-11-12-16-20-36-30(42)40(29-25-33(6,7)38-34(8,9)26-29)22-18-14-13-17-21-39(10)28-23-31(2,3)37-32(4,5)24-28/h28-29,37-38H,11-26H2,1-10H3,(H,35,41)(H,36,42). The maximum atomic E-state index is 13.5. The maximum Gasteiger partial charge on any atom is 0.317 e. The van der Waals surface area contributed by atoms with Crippen molar-refractivity contribution < 1.29 is 9.59 Å². The smallest absolute Gasteiger partial charge is 0.317 e. The number of hydrogen-bond acceptors (Lipinski definition) is 5. The highest BCUT2D eigenvalue weighted by atomic mass is 16.2. The van der Waals surface area contributed by atoms with E-state index in [1.165, 1.54) is 25.7 Å². The number of nitrogens with one attached hydrogen (secondary N) is 4. The molecule has 2 heterocycles. The molecule has 0 aromatic heterocycles. The minimum Gasteiger partial charge on any atom is -0.356 e. The molecule has 0 aliphatic carbocycles. The zero-order valence-electron chi connectivity index (χ0n) is 29.2. The lowest BCUT2D eigenvalue weighted by atomic mass is 9.79. The monoisotopic (exact) mass is 593 g/mol. The third-order valence-electron chi connectivity index (χ3n) is 9.08. The fourth-order valence-electron chi connectivity index (χ4n) is 7.86. The van der Waals surface area contributed by atoms with Gasteiger partial charge in [-0.15, -0.1) is 0 Å². The van der Waals surface area contributed by atoms with E-state index < -0.39 is 0 Å². The number of unbranched alkanes of at least 4 members (excludes halogenated alkanes) is 6. The molecule has 246 valence electrons. The van der Waals surface area contributed by atoms with Crippen LogP contribution >= 0.6 is 0 Å². The number of nitrogens with zero attached hydrogens (tertiary/aromatic N) is 2. The Balaban J connectivity index is 1.81. The van der Waals surface area contributed by atoms with Crippen molar-refractivity contribution in [2.75, 3.05) is 33.2 Å². The molecule has 8 nitrogen and oxygen atoms in total. The van der Waals surface area contributed by atoms with Crippen LogP contribution in [0.1, 0.15) is 139 Å². The molecule has 0 aromatic carbocycles. The molecular weight excluding hydrogens is 524 g/mol. The lowest BCUT2D eigenvalue weighted by Crippen LogP contribution is -2.63. The van der Waals surface area contributed by atoms with Gasteiger partial charge in [0.15, 0.2) is 0 Å². The summed E-state index contributed by atoms with van der Waals surface area (Å²) in [6.07, 6.45) is 13.1. The van der Waals surface area contributed by atoms with Gasteiger partial charge in [0.25, 0.3) is 0 Å². The van der Waals surface area contributed by atoms with Crippen LogP contribution in [0.2, 0.25) is 0 Å². The Kier molecular flexibility index (Phi) is 14.1. The lowest BCUT2D eigenvalue weighted by molar-refractivity contribution is -0.118. The minimum atomic E-state index is 0.00120. The lowest BCUT2D eigenvalue weighted by Gasteiger charge is -2.49. The van der Waals surface area contributed by atoms with E-state index in [0.717, 1.165) is 71.0 Å². The fraction of sp³-hybridized carbons (Fsp3) is 0.941. The minimum absolute atomic E-state index is 0.00120. The van der Waals surface area contributed by atoms with Gasteiger partial charge < -0.3 is 31.1 Å². The van der Waals surface area contributed by atoms with Gasteiger partial charge in [0.2, 0.25) is 5.91 Å². The molecular formula is C34H68N6O2. The van der Waals surface area contributed by atoms with E-state index in [0.29, 0.717) is 12.6 Å². The van der Waals surface area contributed by atoms with E-state index in [4.69, 9.17) is 0 Å². The van der Waals surface area contributed by atoms with Crippen molar-refractivity contribution in [3.05, 3.63) is 0 Å². The molecule has 0 atom stereocenters. The Hall–Kier alpha value is -1.38. The van der Waals surface area contributed by atoms with Crippen molar-refractivity contribution in [3.63, 3.8) is 0 Å². The largest absolute Gasteiger partial charge is 0.356 e. The molecule has 4 N–H and O–H groups in total. The average Bonchev–Trinajstić information content (AvgIpc) is 2.80. The number of urea groups is 1. The SMILES string of the molecule is CC(=O)NCCCCCCNC(=O)N(CCCCCCN(C)C1CC(C)(C)NC(C)(C)C1)C1CC(C)(C)NC(C)(C)C1. The van der Waals surface area contributed by atoms with Crippen molar-refractivity contribution in [3.8, 4) is 0 Å². The number of carbonyl (C=O) groups is 2. The van der Waals surface area contributed by atoms with E-state index >= 15 is 0 Å². The summed E-state index contributed by atoms with van der Waals surface area (Å²) in [4.78, 5) is 29.3. The van der Waals surface area contributed by atoms with E-state index in [2.05, 4.69) is 93.5 Å². The van der Waals surface area contributed by atoms with Gasteiger partial charge in [-0.05, 0) is 120 Å². The zero-order valence-corrected chi connectivity index (χ0v) is 29.2. The van der Waals surface area contributed by atoms with Crippen LogP contribution in [-0.4, -0.2) is 89.2 Å². The Morgan fingerprint density at radius 2 is 1.02 bits per heavy atom. The summed E-state index contributed by atoms with van der Waals surface area (Å²) in [6.45, 7) is 23.4. The van der Waals surface area contributed by atoms with E-state index in [1.54, 1.807) is 6.92 Å². The Labute approximate surface area is 259 Å². The van der Waals surface area contributed by atoms with Gasteiger partial charge in [-0.2, -0.15) is 0 Å². The molecule has 0 radical (unpaired) electrons. The normalized spacial score (nSPS) is 21.7. The molecule has 0 spiro atoms. The summed E-state index contributed by atoms with van der Waals surface area (Å²) in [5.74, 6) is 0.0319. The summed E-state index contributed by atoms with van der Waals surface area (Å²) < 4.78 is 0. The molecule has 2 fully saturated rings. The summed E-state index contributed by atoms with van der Waals surface area (Å²) in [5, 5.41) is 13.7. The van der Waals surface area contributed by atoms with Crippen molar-refractivity contribution in [1.29, 1.82) is 0 Å². The fourth-order valence-corrected chi connectivity index (χ4v) is 7.86. The first-order chi connectivity index (χ1) is 19.4. The molecule has 2 rings (SSSR count).